The first-order valence-corrected chi connectivity index (χ1v) is 5.88. The van der Waals surface area contributed by atoms with Crippen molar-refractivity contribution in [3.63, 3.8) is 0 Å². The maximum atomic E-state index is 12.4. The van der Waals surface area contributed by atoms with Gasteiger partial charge in [0.25, 0.3) is 5.56 Å². The highest BCUT2D eigenvalue weighted by atomic mass is 16.1. The molecule has 0 saturated heterocycles. The van der Waals surface area contributed by atoms with Gasteiger partial charge in [-0.1, -0.05) is 30.3 Å². The van der Waals surface area contributed by atoms with Crippen molar-refractivity contribution in [2.24, 2.45) is 7.05 Å². The minimum absolute atomic E-state index is 0.167. The maximum absolute atomic E-state index is 12.4. The topological polar surface area (TPSA) is 78.7 Å². The van der Waals surface area contributed by atoms with Crippen LogP contribution in [0.1, 0.15) is 5.56 Å². The number of nitrogen functional groups attached to an aromatic ring is 1. The Bertz CT molecular complexity index is 788. The molecule has 0 radical (unpaired) electrons. The molecule has 0 spiro atoms. The van der Waals surface area contributed by atoms with Gasteiger partial charge in [-0.25, -0.2) is 9.67 Å². The zero-order chi connectivity index (χ0) is 13.4. The number of hydrogen-bond acceptors (Lipinski definition) is 4. The highest BCUT2D eigenvalue weighted by molar-refractivity contribution is 5.85. The molecule has 6 nitrogen and oxygen atoms in total. The molecule has 0 aliphatic rings. The summed E-state index contributed by atoms with van der Waals surface area (Å²) in [5, 5.41) is 4.39. The van der Waals surface area contributed by atoms with E-state index in [-0.39, 0.29) is 11.4 Å². The normalized spacial score (nSPS) is 11.0. The maximum Gasteiger partial charge on any atom is 0.266 e. The Balaban J connectivity index is 2.13. The smallest absolute Gasteiger partial charge is 0.266 e. The van der Waals surface area contributed by atoms with Crippen LogP contribution in [-0.4, -0.2) is 19.3 Å². The number of hydrogen-bond donors (Lipinski definition) is 1. The van der Waals surface area contributed by atoms with E-state index in [2.05, 4.69) is 10.1 Å². The molecule has 0 bridgehead atoms. The van der Waals surface area contributed by atoms with Gasteiger partial charge in [0.15, 0.2) is 11.5 Å². The fourth-order valence-corrected chi connectivity index (χ4v) is 2.10. The van der Waals surface area contributed by atoms with Crippen molar-refractivity contribution in [2.45, 2.75) is 6.54 Å². The molecule has 0 unspecified atom stereocenters. The van der Waals surface area contributed by atoms with Gasteiger partial charge in [0.05, 0.1) is 6.54 Å². The van der Waals surface area contributed by atoms with Gasteiger partial charge in [0.1, 0.15) is 11.7 Å². The number of anilines is 1. The molecular formula is C13H13N5O. The summed E-state index contributed by atoms with van der Waals surface area (Å²) < 4.78 is 3.05. The predicted octanol–water partition coefficient (Wildman–Crippen LogP) is 0.760. The number of benzene rings is 1. The minimum Gasteiger partial charge on any atom is -0.381 e. The Kier molecular flexibility index (Phi) is 2.56. The second-order valence-electron chi connectivity index (χ2n) is 4.37. The second kappa shape index (κ2) is 4.24. The Morgan fingerprint density at radius 1 is 1.26 bits per heavy atom. The summed E-state index contributed by atoms with van der Waals surface area (Å²) in [5.74, 6) is 0.220. The number of aryl methyl sites for hydroxylation is 1. The molecular weight excluding hydrogens is 242 g/mol. The Labute approximate surface area is 109 Å². The van der Waals surface area contributed by atoms with Crippen LogP contribution in [0, 0.1) is 0 Å². The summed E-state index contributed by atoms with van der Waals surface area (Å²) in [5.41, 5.74) is 7.13. The van der Waals surface area contributed by atoms with Crippen LogP contribution in [0.15, 0.2) is 41.5 Å². The fraction of sp³-hybridized carbons (Fsp3) is 0.154. The van der Waals surface area contributed by atoms with Crippen molar-refractivity contribution in [3.05, 3.63) is 52.6 Å². The van der Waals surface area contributed by atoms with E-state index in [1.54, 1.807) is 7.05 Å². The van der Waals surface area contributed by atoms with Crippen LogP contribution >= 0.6 is 0 Å². The summed E-state index contributed by atoms with van der Waals surface area (Å²) >= 11 is 0. The molecule has 0 amide bonds. The van der Waals surface area contributed by atoms with Crippen molar-refractivity contribution >= 4 is 16.9 Å². The molecule has 0 fully saturated rings. The third-order valence-corrected chi connectivity index (χ3v) is 3.03. The Morgan fingerprint density at radius 2 is 2.00 bits per heavy atom. The van der Waals surface area contributed by atoms with Crippen LogP contribution in [-0.2, 0) is 13.6 Å². The van der Waals surface area contributed by atoms with E-state index in [1.165, 1.54) is 15.6 Å². The number of fused-ring (bicyclic) bond motifs is 1. The van der Waals surface area contributed by atoms with Gasteiger partial charge in [-0.3, -0.25) is 9.36 Å². The highest BCUT2D eigenvalue weighted by Gasteiger charge is 2.12. The lowest BCUT2D eigenvalue weighted by molar-refractivity contribution is 0.738. The SMILES string of the molecule is Cn1nc(N)c2c(=O)n(Cc3ccccc3)cnc21. The van der Waals surface area contributed by atoms with Crippen LogP contribution in [0.3, 0.4) is 0 Å². The first kappa shape index (κ1) is 11.5. The first-order chi connectivity index (χ1) is 9.16. The van der Waals surface area contributed by atoms with Gasteiger partial charge >= 0.3 is 0 Å². The fourth-order valence-electron chi connectivity index (χ4n) is 2.10. The van der Waals surface area contributed by atoms with E-state index in [0.29, 0.717) is 17.6 Å². The average Bonchev–Trinajstić information content (AvgIpc) is 2.70. The van der Waals surface area contributed by atoms with Crippen LogP contribution in [0.2, 0.25) is 0 Å². The van der Waals surface area contributed by atoms with E-state index in [0.717, 1.165) is 5.56 Å². The lowest BCUT2D eigenvalue weighted by Gasteiger charge is -2.05. The lowest BCUT2D eigenvalue weighted by atomic mass is 10.2. The summed E-state index contributed by atoms with van der Waals surface area (Å²) in [6.45, 7) is 0.469. The van der Waals surface area contributed by atoms with Crippen LogP contribution < -0.4 is 11.3 Å². The van der Waals surface area contributed by atoms with E-state index in [9.17, 15) is 4.79 Å². The first-order valence-electron chi connectivity index (χ1n) is 5.88. The van der Waals surface area contributed by atoms with E-state index >= 15 is 0 Å². The molecule has 3 aromatic rings. The second-order valence-corrected chi connectivity index (χ2v) is 4.37. The van der Waals surface area contributed by atoms with Crippen LogP contribution in [0.4, 0.5) is 5.82 Å². The Hall–Kier alpha value is -2.63. The summed E-state index contributed by atoms with van der Waals surface area (Å²) in [6, 6.07) is 9.73. The molecule has 3 rings (SSSR count). The molecule has 0 saturated carbocycles. The van der Waals surface area contributed by atoms with Crippen molar-refractivity contribution < 1.29 is 0 Å². The van der Waals surface area contributed by atoms with E-state index in [1.807, 2.05) is 30.3 Å². The molecule has 2 aromatic heterocycles. The van der Waals surface area contributed by atoms with E-state index in [4.69, 9.17) is 5.73 Å². The lowest BCUT2D eigenvalue weighted by Crippen LogP contribution is -2.21. The predicted molar refractivity (Wildman–Crippen MR) is 72.7 cm³/mol. The molecule has 0 atom stereocenters. The minimum atomic E-state index is -0.167. The molecule has 19 heavy (non-hydrogen) atoms. The zero-order valence-electron chi connectivity index (χ0n) is 10.4. The van der Waals surface area contributed by atoms with Gasteiger partial charge < -0.3 is 5.73 Å². The van der Waals surface area contributed by atoms with Gasteiger partial charge in [0.2, 0.25) is 0 Å². The summed E-state index contributed by atoms with van der Waals surface area (Å²) in [4.78, 5) is 16.6. The molecule has 96 valence electrons. The molecule has 2 heterocycles. The van der Waals surface area contributed by atoms with Gasteiger partial charge in [-0.05, 0) is 5.56 Å². The summed E-state index contributed by atoms with van der Waals surface area (Å²) in [7, 11) is 1.71. The number of aromatic nitrogens is 4. The third kappa shape index (κ3) is 1.87. The van der Waals surface area contributed by atoms with E-state index < -0.39 is 0 Å². The number of nitrogens with zero attached hydrogens (tertiary/aromatic N) is 4. The summed E-state index contributed by atoms with van der Waals surface area (Å²) in [6.07, 6.45) is 1.53. The van der Waals surface area contributed by atoms with Crippen LogP contribution in [0.25, 0.3) is 11.0 Å². The molecule has 0 aliphatic heterocycles. The highest BCUT2D eigenvalue weighted by Crippen LogP contribution is 2.12. The average molecular weight is 255 g/mol. The van der Waals surface area contributed by atoms with Crippen molar-refractivity contribution in [2.75, 3.05) is 5.73 Å². The van der Waals surface area contributed by atoms with Gasteiger partial charge in [-0.15, -0.1) is 0 Å². The number of nitrogens with two attached hydrogens (primary N) is 1. The third-order valence-electron chi connectivity index (χ3n) is 3.03. The van der Waals surface area contributed by atoms with Gasteiger partial charge in [-0.2, -0.15) is 5.10 Å². The van der Waals surface area contributed by atoms with Crippen molar-refractivity contribution in [1.29, 1.82) is 0 Å². The molecule has 2 N–H and O–H groups in total. The zero-order valence-corrected chi connectivity index (χ0v) is 10.4. The van der Waals surface area contributed by atoms with Crippen molar-refractivity contribution in [3.8, 4) is 0 Å². The molecule has 6 heteroatoms. The Morgan fingerprint density at radius 3 is 2.74 bits per heavy atom. The largest absolute Gasteiger partial charge is 0.381 e. The van der Waals surface area contributed by atoms with Crippen LogP contribution in [0.5, 0.6) is 0 Å². The monoisotopic (exact) mass is 255 g/mol. The molecule has 0 aliphatic carbocycles. The quantitative estimate of drug-likeness (QED) is 0.733. The van der Waals surface area contributed by atoms with Crippen molar-refractivity contribution in [1.82, 2.24) is 19.3 Å². The number of rotatable bonds is 2. The standard InChI is InChI=1S/C13H13N5O/c1-17-12-10(11(14)16-17)13(19)18(8-15-12)7-9-5-3-2-4-6-9/h2-6,8H,7H2,1H3,(H2,14,16). The van der Waals surface area contributed by atoms with Gasteiger partial charge in [0, 0.05) is 7.05 Å². The molecule has 1 aromatic carbocycles.